The molecule has 4 nitrogen and oxygen atoms in total. The normalized spacial score (nSPS) is 10.8. The van der Waals surface area contributed by atoms with Crippen LogP contribution in [-0.2, 0) is 6.42 Å². The highest BCUT2D eigenvalue weighted by Gasteiger charge is 2.03. The number of likely N-dealkylation sites (N-methyl/N-ethyl adjacent to an activating group) is 1. The molecule has 0 spiro atoms. The fourth-order valence-corrected chi connectivity index (χ4v) is 1.57. The Balaban J connectivity index is 2.38. The number of fused-ring (bicyclic) bond motifs is 1. The predicted molar refractivity (Wildman–Crippen MR) is 59.4 cm³/mol. The summed E-state index contributed by atoms with van der Waals surface area (Å²) < 4.78 is 7.25. The Hall–Kier alpha value is -1.55. The molecule has 0 aliphatic rings. The molecule has 0 radical (unpaired) electrons. The maximum Gasteiger partial charge on any atom is 0.135 e. The van der Waals surface area contributed by atoms with E-state index in [2.05, 4.69) is 14.7 Å². The molecule has 0 saturated carbocycles. The van der Waals surface area contributed by atoms with Gasteiger partial charge in [-0.1, -0.05) is 0 Å². The molecule has 0 saturated heterocycles. The first kappa shape index (κ1) is 9.98. The summed E-state index contributed by atoms with van der Waals surface area (Å²) in [6.45, 7) is 0.927. The van der Waals surface area contributed by atoms with Gasteiger partial charge in [0, 0.05) is 13.0 Å². The number of hydrogen-bond acceptors (Lipinski definition) is 3. The molecule has 0 unspecified atom stereocenters. The fraction of sp³-hybridized carbons (Fsp3) is 0.364. The van der Waals surface area contributed by atoms with Gasteiger partial charge in [0.2, 0.25) is 0 Å². The summed E-state index contributed by atoms with van der Waals surface area (Å²) >= 11 is 0. The second-order valence-electron chi connectivity index (χ2n) is 3.39. The van der Waals surface area contributed by atoms with Crippen LogP contribution in [0.15, 0.2) is 24.5 Å². The summed E-state index contributed by atoms with van der Waals surface area (Å²) in [4.78, 5) is 4.38. The molecule has 1 N–H and O–H groups in total. The molecule has 80 valence electrons. The second-order valence-corrected chi connectivity index (χ2v) is 3.39. The van der Waals surface area contributed by atoms with Gasteiger partial charge in [0.15, 0.2) is 0 Å². The van der Waals surface area contributed by atoms with Crippen molar-refractivity contribution in [1.82, 2.24) is 14.7 Å². The molecule has 0 aliphatic heterocycles. The van der Waals surface area contributed by atoms with E-state index in [0.29, 0.717) is 0 Å². The van der Waals surface area contributed by atoms with Gasteiger partial charge in [0.05, 0.1) is 25.0 Å². The molecule has 0 aliphatic carbocycles. The molecule has 4 heteroatoms. The van der Waals surface area contributed by atoms with Crippen molar-refractivity contribution in [2.24, 2.45) is 0 Å². The van der Waals surface area contributed by atoms with Crippen LogP contribution < -0.4 is 10.1 Å². The Kier molecular flexibility index (Phi) is 2.87. The van der Waals surface area contributed by atoms with Crippen molar-refractivity contribution >= 4 is 5.52 Å². The number of hydrogen-bond donors (Lipinski definition) is 1. The van der Waals surface area contributed by atoms with E-state index in [1.54, 1.807) is 7.11 Å². The second kappa shape index (κ2) is 4.31. The number of rotatable bonds is 4. The Morgan fingerprint density at radius 3 is 3.07 bits per heavy atom. The van der Waals surface area contributed by atoms with Crippen molar-refractivity contribution in [3.05, 3.63) is 30.4 Å². The van der Waals surface area contributed by atoms with Crippen molar-refractivity contribution in [3.63, 3.8) is 0 Å². The first-order valence-corrected chi connectivity index (χ1v) is 4.99. The molecular weight excluding hydrogens is 190 g/mol. The Bertz CT molecular complexity index is 450. The van der Waals surface area contributed by atoms with E-state index in [9.17, 15) is 0 Å². The van der Waals surface area contributed by atoms with Gasteiger partial charge in [0.1, 0.15) is 11.6 Å². The number of nitrogens with one attached hydrogen (secondary N) is 1. The van der Waals surface area contributed by atoms with Crippen LogP contribution in [0.3, 0.4) is 0 Å². The number of aromatic nitrogens is 2. The average Bonchev–Trinajstić information content (AvgIpc) is 2.68. The maximum absolute atomic E-state index is 5.19. The summed E-state index contributed by atoms with van der Waals surface area (Å²) in [7, 11) is 3.61. The van der Waals surface area contributed by atoms with Gasteiger partial charge in [-0.05, 0) is 19.2 Å². The maximum atomic E-state index is 5.19. The average molecular weight is 205 g/mol. The summed E-state index contributed by atoms with van der Waals surface area (Å²) in [5, 5.41) is 3.11. The number of methoxy groups -OCH3 is 1. The third-order valence-electron chi connectivity index (χ3n) is 2.41. The first-order valence-electron chi connectivity index (χ1n) is 4.99. The zero-order valence-electron chi connectivity index (χ0n) is 9.03. The zero-order chi connectivity index (χ0) is 10.7. The Morgan fingerprint density at radius 1 is 1.47 bits per heavy atom. The predicted octanol–water partition coefficient (Wildman–Crippen LogP) is 1.10. The van der Waals surface area contributed by atoms with Crippen molar-refractivity contribution in [2.45, 2.75) is 6.42 Å². The summed E-state index contributed by atoms with van der Waals surface area (Å²) in [6, 6.07) is 3.95. The Morgan fingerprint density at radius 2 is 2.33 bits per heavy atom. The van der Waals surface area contributed by atoms with Crippen LogP contribution in [0.25, 0.3) is 5.52 Å². The van der Waals surface area contributed by atoms with Gasteiger partial charge in [-0.15, -0.1) is 0 Å². The molecule has 0 aromatic carbocycles. The lowest BCUT2D eigenvalue weighted by molar-refractivity contribution is 0.412. The summed E-state index contributed by atoms with van der Waals surface area (Å²) in [6.07, 6.45) is 4.76. The molecule has 15 heavy (non-hydrogen) atoms. The van der Waals surface area contributed by atoms with Gasteiger partial charge in [-0.25, -0.2) is 4.98 Å². The van der Waals surface area contributed by atoms with E-state index in [0.717, 1.165) is 30.1 Å². The third kappa shape index (κ3) is 1.94. The molecule has 0 bridgehead atoms. The van der Waals surface area contributed by atoms with E-state index in [4.69, 9.17) is 4.74 Å². The standard InChI is InChI=1S/C11H15N3O/c1-12-6-5-11-13-7-9-3-4-10(15-2)8-14(9)11/h3-4,7-8,12H,5-6H2,1-2H3. The van der Waals surface area contributed by atoms with Gasteiger partial charge in [-0.2, -0.15) is 0 Å². The van der Waals surface area contributed by atoms with Crippen molar-refractivity contribution < 1.29 is 4.74 Å². The van der Waals surface area contributed by atoms with Crippen molar-refractivity contribution in [3.8, 4) is 5.75 Å². The minimum absolute atomic E-state index is 0.853. The highest BCUT2D eigenvalue weighted by atomic mass is 16.5. The number of imidazole rings is 1. The number of nitrogens with zero attached hydrogens (tertiary/aromatic N) is 2. The summed E-state index contributed by atoms with van der Waals surface area (Å²) in [5.74, 6) is 1.91. The van der Waals surface area contributed by atoms with Crippen molar-refractivity contribution in [1.29, 1.82) is 0 Å². The molecule has 0 amide bonds. The van der Waals surface area contributed by atoms with Crippen LogP contribution in [-0.4, -0.2) is 30.1 Å². The first-order chi connectivity index (χ1) is 7.35. The van der Waals surface area contributed by atoms with Gasteiger partial charge in [-0.3, -0.25) is 4.40 Å². The fourth-order valence-electron chi connectivity index (χ4n) is 1.57. The van der Waals surface area contributed by atoms with Crippen LogP contribution >= 0.6 is 0 Å². The van der Waals surface area contributed by atoms with Crippen LogP contribution in [0.5, 0.6) is 5.75 Å². The SMILES string of the molecule is CNCCc1ncc2ccc(OC)cn12. The van der Waals surface area contributed by atoms with E-state index in [-0.39, 0.29) is 0 Å². The highest BCUT2D eigenvalue weighted by molar-refractivity contribution is 5.48. The van der Waals surface area contributed by atoms with Crippen LogP contribution in [0.2, 0.25) is 0 Å². The number of ether oxygens (including phenoxy) is 1. The van der Waals surface area contributed by atoms with E-state index >= 15 is 0 Å². The van der Waals surface area contributed by atoms with E-state index in [1.165, 1.54) is 0 Å². The zero-order valence-corrected chi connectivity index (χ0v) is 9.03. The van der Waals surface area contributed by atoms with Gasteiger partial charge >= 0.3 is 0 Å². The minimum atomic E-state index is 0.853. The van der Waals surface area contributed by atoms with Gasteiger partial charge in [0.25, 0.3) is 0 Å². The third-order valence-corrected chi connectivity index (χ3v) is 2.41. The monoisotopic (exact) mass is 205 g/mol. The molecule has 2 rings (SSSR count). The Labute approximate surface area is 88.9 Å². The number of pyridine rings is 1. The molecule has 2 heterocycles. The molecular formula is C11H15N3O. The lowest BCUT2D eigenvalue weighted by Crippen LogP contribution is -2.12. The lowest BCUT2D eigenvalue weighted by atomic mass is 10.3. The molecule has 2 aromatic heterocycles. The molecule has 0 atom stereocenters. The quantitative estimate of drug-likeness (QED) is 0.812. The van der Waals surface area contributed by atoms with E-state index < -0.39 is 0 Å². The van der Waals surface area contributed by atoms with Crippen LogP contribution in [0.1, 0.15) is 5.82 Å². The minimum Gasteiger partial charge on any atom is -0.495 e. The molecule has 0 fully saturated rings. The smallest absolute Gasteiger partial charge is 0.135 e. The highest BCUT2D eigenvalue weighted by Crippen LogP contribution is 2.14. The largest absolute Gasteiger partial charge is 0.495 e. The summed E-state index contributed by atoms with van der Waals surface area (Å²) in [5.41, 5.74) is 1.10. The van der Waals surface area contributed by atoms with Crippen LogP contribution in [0.4, 0.5) is 0 Å². The van der Waals surface area contributed by atoms with Crippen molar-refractivity contribution in [2.75, 3.05) is 20.7 Å². The lowest BCUT2D eigenvalue weighted by Gasteiger charge is -2.03. The van der Waals surface area contributed by atoms with Crippen LogP contribution in [0, 0.1) is 0 Å². The van der Waals surface area contributed by atoms with Gasteiger partial charge < -0.3 is 10.1 Å². The topological polar surface area (TPSA) is 38.6 Å². The van der Waals surface area contributed by atoms with E-state index in [1.807, 2.05) is 31.6 Å². The molecule has 2 aromatic rings.